The van der Waals surface area contributed by atoms with Crippen LogP contribution in [0.3, 0.4) is 0 Å². The molecule has 0 aromatic heterocycles. The second-order valence-corrected chi connectivity index (χ2v) is 3.51. The molecule has 0 aliphatic heterocycles. The van der Waals surface area contributed by atoms with Gasteiger partial charge in [-0.15, -0.1) is 0 Å². The number of benzene rings is 1. The highest BCUT2D eigenvalue weighted by Gasteiger charge is 2.19. The fourth-order valence-electron chi connectivity index (χ4n) is 1.44. The number of rotatable bonds is 6. The molecule has 1 aromatic rings. The Hall–Kier alpha value is -2.04. The number of hydrogen-bond acceptors (Lipinski definition) is 5. The highest BCUT2D eigenvalue weighted by molar-refractivity contribution is 5.81. The van der Waals surface area contributed by atoms with Crippen LogP contribution in [-0.2, 0) is 9.53 Å². The third kappa shape index (κ3) is 3.23. The lowest BCUT2D eigenvalue weighted by molar-refractivity contribution is -0.150. The van der Waals surface area contributed by atoms with Crippen LogP contribution < -0.4 is 9.47 Å². The fourth-order valence-corrected chi connectivity index (χ4v) is 1.44. The molecule has 0 amide bonds. The largest absolute Gasteiger partial charge is 0.492 e. The van der Waals surface area contributed by atoms with E-state index in [0.29, 0.717) is 23.3 Å². The average molecular weight is 252 g/mol. The molecule has 98 valence electrons. The Morgan fingerprint density at radius 3 is 2.72 bits per heavy atom. The molecule has 1 aromatic carbocycles. The molecule has 0 saturated carbocycles. The minimum Gasteiger partial charge on any atom is -0.492 e. The van der Waals surface area contributed by atoms with Gasteiger partial charge in [-0.3, -0.25) is 4.79 Å². The summed E-state index contributed by atoms with van der Waals surface area (Å²) in [7, 11) is 1.43. The van der Waals surface area contributed by atoms with Crippen LogP contribution in [0.1, 0.15) is 24.2 Å². The van der Waals surface area contributed by atoms with Gasteiger partial charge in [0.25, 0.3) is 0 Å². The SMILES string of the molecule is CCOC(=O)[C@@H](C)Oc1cccc(C=O)c1OC. The number of ether oxygens (including phenoxy) is 3. The zero-order chi connectivity index (χ0) is 13.5. The van der Waals surface area contributed by atoms with Crippen LogP contribution in [0.15, 0.2) is 18.2 Å². The van der Waals surface area contributed by atoms with Gasteiger partial charge in [-0.1, -0.05) is 6.07 Å². The van der Waals surface area contributed by atoms with Crippen LogP contribution in [0.2, 0.25) is 0 Å². The molecule has 1 atom stereocenters. The van der Waals surface area contributed by atoms with Crippen molar-refractivity contribution in [2.45, 2.75) is 20.0 Å². The highest BCUT2D eigenvalue weighted by atomic mass is 16.6. The molecule has 0 fully saturated rings. The zero-order valence-electron chi connectivity index (χ0n) is 10.6. The molecule has 0 heterocycles. The summed E-state index contributed by atoms with van der Waals surface area (Å²) in [5.41, 5.74) is 0.367. The predicted molar refractivity (Wildman–Crippen MR) is 65.1 cm³/mol. The van der Waals surface area contributed by atoms with Gasteiger partial charge < -0.3 is 14.2 Å². The predicted octanol–water partition coefficient (Wildman–Crippen LogP) is 1.84. The van der Waals surface area contributed by atoms with Crippen molar-refractivity contribution in [2.75, 3.05) is 13.7 Å². The van der Waals surface area contributed by atoms with Crippen molar-refractivity contribution in [1.29, 1.82) is 0 Å². The van der Waals surface area contributed by atoms with Gasteiger partial charge in [-0.2, -0.15) is 0 Å². The monoisotopic (exact) mass is 252 g/mol. The third-order valence-electron chi connectivity index (χ3n) is 2.26. The first-order valence-electron chi connectivity index (χ1n) is 5.59. The summed E-state index contributed by atoms with van der Waals surface area (Å²) in [5.74, 6) is 0.183. The van der Waals surface area contributed by atoms with E-state index in [1.54, 1.807) is 32.0 Å². The molecular weight excluding hydrogens is 236 g/mol. The summed E-state index contributed by atoms with van der Waals surface area (Å²) in [5, 5.41) is 0. The smallest absolute Gasteiger partial charge is 0.347 e. The number of esters is 1. The normalized spacial score (nSPS) is 11.5. The van der Waals surface area contributed by atoms with E-state index in [1.807, 2.05) is 0 Å². The Balaban J connectivity index is 2.90. The molecule has 0 radical (unpaired) electrons. The molecular formula is C13H16O5. The van der Waals surface area contributed by atoms with Gasteiger partial charge in [-0.25, -0.2) is 4.79 Å². The molecule has 0 spiro atoms. The summed E-state index contributed by atoms with van der Waals surface area (Å²) in [4.78, 5) is 22.3. The van der Waals surface area contributed by atoms with Crippen LogP contribution in [0.25, 0.3) is 0 Å². The second-order valence-electron chi connectivity index (χ2n) is 3.51. The molecule has 0 saturated heterocycles. The quantitative estimate of drug-likeness (QED) is 0.571. The minimum atomic E-state index is -0.763. The fraction of sp³-hybridized carbons (Fsp3) is 0.385. The number of hydrogen-bond donors (Lipinski definition) is 0. The van der Waals surface area contributed by atoms with Crippen molar-refractivity contribution in [3.05, 3.63) is 23.8 Å². The lowest BCUT2D eigenvalue weighted by Crippen LogP contribution is -2.26. The van der Waals surface area contributed by atoms with Crippen molar-refractivity contribution in [3.8, 4) is 11.5 Å². The lowest BCUT2D eigenvalue weighted by Gasteiger charge is -2.16. The maximum Gasteiger partial charge on any atom is 0.347 e. The van der Waals surface area contributed by atoms with Crippen LogP contribution >= 0.6 is 0 Å². The van der Waals surface area contributed by atoms with Gasteiger partial charge in [0.1, 0.15) is 0 Å². The van der Waals surface area contributed by atoms with E-state index in [1.165, 1.54) is 7.11 Å². The molecule has 0 N–H and O–H groups in total. The van der Waals surface area contributed by atoms with E-state index in [9.17, 15) is 9.59 Å². The summed E-state index contributed by atoms with van der Waals surface area (Å²) >= 11 is 0. The van der Waals surface area contributed by atoms with Gasteiger partial charge in [0, 0.05) is 0 Å². The van der Waals surface area contributed by atoms with Gasteiger partial charge in [0.15, 0.2) is 23.9 Å². The van der Waals surface area contributed by atoms with E-state index in [2.05, 4.69) is 0 Å². The maximum absolute atomic E-state index is 11.4. The molecule has 0 unspecified atom stereocenters. The number of carbonyl (C=O) groups is 2. The first-order chi connectivity index (χ1) is 8.63. The first kappa shape index (κ1) is 14.0. The van der Waals surface area contributed by atoms with Crippen molar-refractivity contribution in [3.63, 3.8) is 0 Å². The van der Waals surface area contributed by atoms with Crippen LogP contribution in [-0.4, -0.2) is 32.1 Å². The number of para-hydroxylation sites is 1. The Labute approximate surface area is 106 Å². The standard InChI is InChI=1S/C13H16O5/c1-4-17-13(15)9(2)18-11-7-5-6-10(8-14)12(11)16-3/h5-9H,4H2,1-3H3/t9-/m1/s1. The Bertz CT molecular complexity index is 427. The molecule has 5 nitrogen and oxygen atoms in total. The van der Waals surface area contributed by atoms with E-state index >= 15 is 0 Å². The van der Waals surface area contributed by atoms with Crippen LogP contribution in [0, 0.1) is 0 Å². The van der Waals surface area contributed by atoms with Crippen molar-refractivity contribution in [2.24, 2.45) is 0 Å². The van der Waals surface area contributed by atoms with Gasteiger partial charge in [-0.05, 0) is 26.0 Å². The molecule has 1 rings (SSSR count). The third-order valence-corrected chi connectivity index (χ3v) is 2.26. The molecule has 5 heteroatoms. The van der Waals surface area contributed by atoms with E-state index in [-0.39, 0.29) is 6.61 Å². The van der Waals surface area contributed by atoms with E-state index in [4.69, 9.17) is 14.2 Å². The van der Waals surface area contributed by atoms with E-state index < -0.39 is 12.1 Å². The molecule has 0 bridgehead atoms. The van der Waals surface area contributed by atoms with Gasteiger partial charge in [0.05, 0.1) is 19.3 Å². The van der Waals surface area contributed by atoms with Crippen molar-refractivity contribution in [1.82, 2.24) is 0 Å². The maximum atomic E-state index is 11.4. The first-order valence-corrected chi connectivity index (χ1v) is 5.59. The van der Waals surface area contributed by atoms with Gasteiger partial charge >= 0.3 is 5.97 Å². The Morgan fingerprint density at radius 1 is 1.44 bits per heavy atom. The molecule has 18 heavy (non-hydrogen) atoms. The summed E-state index contributed by atoms with van der Waals surface area (Å²) in [6.45, 7) is 3.58. The summed E-state index contributed by atoms with van der Waals surface area (Å²) in [6, 6.07) is 4.88. The van der Waals surface area contributed by atoms with Crippen LogP contribution in [0.4, 0.5) is 0 Å². The number of carbonyl (C=O) groups excluding carboxylic acids is 2. The lowest BCUT2D eigenvalue weighted by atomic mass is 10.2. The number of methoxy groups -OCH3 is 1. The average Bonchev–Trinajstić information content (AvgIpc) is 2.38. The summed E-state index contributed by atoms with van der Waals surface area (Å²) in [6.07, 6.45) is -0.0958. The molecule has 0 aliphatic carbocycles. The minimum absolute atomic E-state index is 0.290. The zero-order valence-corrected chi connectivity index (χ0v) is 10.6. The van der Waals surface area contributed by atoms with Crippen LogP contribution in [0.5, 0.6) is 11.5 Å². The summed E-state index contributed by atoms with van der Waals surface area (Å²) < 4.78 is 15.4. The van der Waals surface area contributed by atoms with E-state index in [0.717, 1.165) is 0 Å². The highest BCUT2D eigenvalue weighted by Crippen LogP contribution is 2.30. The van der Waals surface area contributed by atoms with Gasteiger partial charge in [0.2, 0.25) is 0 Å². The topological polar surface area (TPSA) is 61.8 Å². The van der Waals surface area contributed by atoms with Crippen molar-refractivity contribution >= 4 is 12.3 Å². The molecule has 0 aliphatic rings. The van der Waals surface area contributed by atoms with Crippen molar-refractivity contribution < 1.29 is 23.8 Å². The second kappa shape index (κ2) is 6.64. The number of aldehydes is 1. The Kier molecular flexibility index (Phi) is 5.17. The Morgan fingerprint density at radius 2 is 2.17 bits per heavy atom.